The number of benzene rings is 1. The number of esters is 1. The Bertz CT molecular complexity index is 342. The molecule has 1 aromatic carbocycles. The van der Waals surface area contributed by atoms with Crippen LogP contribution in [0.3, 0.4) is 0 Å². The molecule has 0 aliphatic heterocycles. The summed E-state index contributed by atoms with van der Waals surface area (Å²) in [6.07, 6.45) is -0.710. The van der Waals surface area contributed by atoms with Gasteiger partial charge in [-0.3, -0.25) is 0 Å². The fraction of sp³-hybridized carbons (Fsp3) is 0.462. The van der Waals surface area contributed by atoms with Crippen molar-refractivity contribution in [2.75, 3.05) is 33.5 Å². The molecule has 1 aromatic rings. The zero-order valence-corrected chi connectivity index (χ0v) is 10.5. The Morgan fingerprint density at radius 3 is 2.56 bits per heavy atom. The van der Waals surface area contributed by atoms with Crippen molar-refractivity contribution in [1.82, 2.24) is 0 Å². The first kappa shape index (κ1) is 14.6. The summed E-state index contributed by atoms with van der Waals surface area (Å²) in [6.45, 7) is 1.67. The summed E-state index contributed by atoms with van der Waals surface area (Å²) < 4.78 is 15.4. The number of hydrogen-bond acceptors (Lipinski definition) is 5. The van der Waals surface area contributed by atoms with Crippen LogP contribution >= 0.6 is 0 Å². The van der Waals surface area contributed by atoms with Crippen molar-refractivity contribution in [2.24, 2.45) is 5.73 Å². The molecule has 0 radical (unpaired) electrons. The van der Waals surface area contributed by atoms with Gasteiger partial charge in [0.2, 0.25) is 0 Å². The van der Waals surface area contributed by atoms with Crippen LogP contribution in [-0.2, 0) is 19.0 Å². The third-order valence-electron chi connectivity index (χ3n) is 2.29. The Balaban J connectivity index is 2.50. The lowest BCUT2D eigenvalue weighted by molar-refractivity contribution is -0.155. The minimum atomic E-state index is -0.710. The van der Waals surface area contributed by atoms with E-state index < -0.39 is 12.1 Å². The van der Waals surface area contributed by atoms with Gasteiger partial charge < -0.3 is 19.9 Å². The third kappa shape index (κ3) is 4.83. The van der Waals surface area contributed by atoms with Crippen molar-refractivity contribution < 1.29 is 19.0 Å². The molecule has 0 amide bonds. The Labute approximate surface area is 107 Å². The molecule has 0 heterocycles. The van der Waals surface area contributed by atoms with E-state index in [-0.39, 0.29) is 0 Å². The molecule has 2 N–H and O–H groups in total. The van der Waals surface area contributed by atoms with Gasteiger partial charge in [-0.2, -0.15) is 0 Å². The molecule has 5 heteroatoms. The molecule has 5 nitrogen and oxygen atoms in total. The van der Waals surface area contributed by atoms with Crippen LogP contribution in [0.2, 0.25) is 0 Å². The minimum absolute atomic E-state index is 0.314. The predicted octanol–water partition coefficient (Wildman–Crippen LogP) is 0.893. The quantitative estimate of drug-likeness (QED) is 0.550. The number of nitrogens with two attached hydrogens (primary N) is 1. The highest BCUT2D eigenvalue weighted by atomic mass is 16.6. The smallest absolute Gasteiger partial charge is 0.339 e. The molecular weight excluding hydrogens is 234 g/mol. The van der Waals surface area contributed by atoms with Crippen molar-refractivity contribution in [2.45, 2.75) is 6.10 Å². The van der Waals surface area contributed by atoms with Crippen LogP contribution in [0.4, 0.5) is 0 Å². The average molecular weight is 253 g/mol. The maximum absolute atomic E-state index is 11.6. The minimum Gasteiger partial charge on any atom is -0.467 e. The standard InChI is InChI=1S/C13H19NO4/c1-16-13(15)12(11-5-3-2-4-6-11)18-10-9-17-8-7-14/h2-6,12H,7-10,14H2,1H3. The van der Waals surface area contributed by atoms with Crippen LogP contribution in [0, 0.1) is 0 Å². The van der Waals surface area contributed by atoms with Gasteiger partial charge in [-0.15, -0.1) is 0 Å². The zero-order chi connectivity index (χ0) is 13.2. The number of carbonyl (C=O) groups is 1. The monoisotopic (exact) mass is 253 g/mol. The normalized spacial score (nSPS) is 12.1. The molecule has 0 saturated carbocycles. The summed E-state index contributed by atoms with van der Waals surface area (Å²) in [6, 6.07) is 9.21. The third-order valence-corrected chi connectivity index (χ3v) is 2.29. The summed E-state index contributed by atoms with van der Waals surface area (Å²) >= 11 is 0. The molecule has 0 aromatic heterocycles. The average Bonchev–Trinajstić information content (AvgIpc) is 2.43. The molecule has 0 spiro atoms. The molecule has 18 heavy (non-hydrogen) atoms. The van der Waals surface area contributed by atoms with Crippen LogP contribution in [0.25, 0.3) is 0 Å². The number of carbonyl (C=O) groups excluding carboxylic acids is 1. The van der Waals surface area contributed by atoms with Crippen LogP contribution in [0.15, 0.2) is 30.3 Å². The van der Waals surface area contributed by atoms with E-state index in [0.29, 0.717) is 26.4 Å². The van der Waals surface area contributed by atoms with E-state index in [1.165, 1.54) is 7.11 Å². The fourth-order valence-electron chi connectivity index (χ4n) is 1.45. The molecule has 0 saturated heterocycles. The zero-order valence-electron chi connectivity index (χ0n) is 10.5. The number of ether oxygens (including phenoxy) is 3. The van der Waals surface area contributed by atoms with Crippen molar-refractivity contribution in [3.8, 4) is 0 Å². The number of methoxy groups -OCH3 is 1. The molecule has 0 bridgehead atoms. The second kappa shape index (κ2) is 8.63. The lowest BCUT2D eigenvalue weighted by Crippen LogP contribution is -2.20. The van der Waals surface area contributed by atoms with Gasteiger partial charge in [-0.25, -0.2) is 4.79 Å². The molecule has 100 valence electrons. The van der Waals surface area contributed by atoms with E-state index in [2.05, 4.69) is 0 Å². The molecular formula is C13H19NO4. The number of rotatable bonds is 8. The van der Waals surface area contributed by atoms with Crippen LogP contribution < -0.4 is 5.73 Å². The molecule has 0 aliphatic carbocycles. The van der Waals surface area contributed by atoms with Crippen LogP contribution in [-0.4, -0.2) is 39.4 Å². The van der Waals surface area contributed by atoms with Gasteiger partial charge in [0.1, 0.15) is 0 Å². The summed E-state index contributed by atoms with van der Waals surface area (Å²) in [5.74, 6) is -0.417. The fourth-order valence-corrected chi connectivity index (χ4v) is 1.45. The van der Waals surface area contributed by atoms with Gasteiger partial charge in [0, 0.05) is 6.54 Å². The lowest BCUT2D eigenvalue weighted by atomic mass is 10.1. The molecule has 1 rings (SSSR count). The highest BCUT2D eigenvalue weighted by molar-refractivity contribution is 5.76. The van der Waals surface area contributed by atoms with Crippen LogP contribution in [0.1, 0.15) is 11.7 Å². The van der Waals surface area contributed by atoms with Gasteiger partial charge in [-0.1, -0.05) is 30.3 Å². The second-order valence-corrected chi connectivity index (χ2v) is 3.59. The number of hydrogen-bond donors (Lipinski definition) is 1. The van der Waals surface area contributed by atoms with E-state index in [0.717, 1.165) is 5.56 Å². The Hall–Kier alpha value is -1.43. The molecule has 0 fully saturated rings. The first-order valence-corrected chi connectivity index (χ1v) is 5.81. The van der Waals surface area contributed by atoms with E-state index in [1.807, 2.05) is 30.3 Å². The van der Waals surface area contributed by atoms with Crippen molar-refractivity contribution >= 4 is 5.97 Å². The summed E-state index contributed by atoms with van der Waals surface area (Å²) in [4.78, 5) is 11.6. The second-order valence-electron chi connectivity index (χ2n) is 3.59. The first-order valence-electron chi connectivity index (χ1n) is 5.81. The van der Waals surface area contributed by atoms with E-state index in [4.69, 9.17) is 19.9 Å². The van der Waals surface area contributed by atoms with E-state index in [1.54, 1.807) is 0 Å². The predicted molar refractivity (Wildman–Crippen MR) is 67.0 cm³/mol. The highest BCUT2D eigenvalue weighted by Gasteiger charge is 2.21. The molecule has 1 atom stereocenters. The topological polar surface area (TPSA) is 70.8 Å². The highest BCUT2D eigenvalue weighted by Crippen LogP contribution is 2.18. The van der Waals surface area contributed by atoms with Gasteiger partial charge in [0.15, 0.2) is 6.10 Å². The SMILES string of the molecule is COC(=O)C(OCCOCCN)c1ccccc1. The van der Waals surface area contributed by atoms with Crippen molar-refractivity contribution in [3.63, 3.8) is 0 Å². The largest absolute Gasteiger partial charge is 0.467 e. The van der Waals surface area contributed by atoms with E-state index >= 15 is 0 Å². The Morgan fingerprint density at radius 2 is 1.94 bits per heavy atom. The van der Waals surface area contributed by atoms with Crippen molar-refractivity contribution in [3.05, 3.63) is 35.9 Å². The molecule has 0 aliphatic rings. The summed E-state index contributed by atoms with van der Waals surface area (Å²) in [5, 5.41) is 0. The van der Waals surface area contributed by atoms with E-state index in [9.17, 15) is 4.79 Å². The summed E-state index contributed by atoms with van der Waals surface area (Å²) in [5.41, 5.74) is 6.06. The van der Waals surface area contributed by atoms with Crippen LogP contribution in [0.5, 0.6) is 0 Å². The lowest BCUT2D eigenvalue weighted by Gasteiger charge is -2.15. The maximum Gasteiger partial charge on any atom is 0.339 e. The first-order chi connectivity index (χ1) is 8.79. The van der Waals surface area contributed by atoms with Gasteiger partial charge in [0.25, 0.3) is 0 Å². The summed E-state index contributed by atoms with van der Waals surface area (Å²) in [7, 11) is 1.34. The maximum atomic E-state index is 11.6. The van der Waals surface area contributed by atoms with Crippen molar-refractivity contribution in [1.29, 1.82) is 0 Å². The molecule has 1 unspecified atom stereocenters. The Kier molecular flexibility index (Phi) is 7.01. The van der Waals surface area contributed by atoms with Gasteiger partial charge in [-0.05, 0) is 5.56 Å². The van der Waals surface area contributed by atoms with Gasteiger partial charge in [0.05, 0.1) is 26.9 Å². The Morgan fingerprint density at radius 1 is 1.22 bits per heavy atom. The van der Waals surface area contributed by atoms with Gasteiger partial charge >= 0.3 is 5.97 Å².